The fourth-order valence-corrected chi connectivity index (χ4v) is 1.58. The molecule has 94 valence electrons. The van der Waals surface area contributed by atoms with Crippen LogP contribution >= 0.6 is 0 Å². The predicted octanol–water partition coefficient (Wildman–Crippen LogP) is 0.999. The number of hydrogen-bond donors (Lipinski definition) is 0. The largest absolute Gasteiger partial charge is 0.497 e. The predicted molar refractivity (Wildman–Crippen MR) is 64.3 cm³/mol. The first kappa shape index (κ1) is 12.2. The molecule has 18 heavy (non-hydrogen) atoms. The minimum Gasteiger partial charge on any atom is -0.497 e. The zero-order chi connectivity index (χ0) is 13.0. The van der Waals surface area contributed by atoms with Gasteiger partial charge in [-0.15, -0.1) is 0 Å². The van der Waals surface area contributed by atoms with Crippen LogP contribution in [0.3, 0.4) is 0 Å². The number of nitrogens with zero attached hydrogens (tertiary/aromatic N) is 1. The van der Waals surface area contributed by atoms with Gasteiger partial charge in [-0.1, -0.05) is 0 Å². The van der Waals surface area contributed by atoms with Crippen LogP contribution in [0.25, 0.3) is 0 Å². The molecule has 0 unspecified atom stereocenters. The average molecular weight is 247 g/mol. The Balaban J connectivity index is 1.81. The lowest BCUT2D eigenvalue weighted by molar-refractivity contribution is -0.137. The van der Waals surface area contributed by atoms with Gasteiger partial charge in [0, 0.05) is 12.2 Å². The van der Waals surface area contributed by atoms with Crippen LogP contribution < -0.4 is 9.47 Å². The van der Waals surface area contributed by atoms with E-state index in [1.165, 1.54) is 12.2 Å². The fourth-order valence-electron chi connectivity index (χ4n) is 1.58. The van der Waals surface area contributed by atoms with Gasteiger partial charge in [0.1, 0.15) is 18.1 Å². The number of benzene rings is 1. The number of imide groups is 1. The molecule has 5 heteroatoms. The molecule has 0 radical (unpaired) electrons. The van der Waals surface area contributed by atoms with Gasteiger partial charge in [-0.3, -0.25) is 14.5 Å². The standard InChI is InChI=1S/C13H13NO4/c1-17-10-2-4-11(5-3-10)18-9-8-14-12(15)6-7-13(14)16/h2-7H,8-9H2,1H3. The van der Waals surface area contributed by atoms with Crippen LogP contribution in [0, 0.1) is 0 Å². The molecule has 1 aromatic rings. The highest BCUT2D eigenvalue weighted by atomic mass is 16.5. The van der Waals surface area contributed by atoms with E-state index in [-0.39, 0.29) is 25.0 Å². The van der Waals surface area contributed by atoms with E-state index in [9.17, 15) is 9.59 Å². The van der Waals surface area contributed by atoms with Crippen molar-refractivity contribution in [1.82, 2.24) is 4.90 Å². The number of amides is 2. The second kappa shape index (κ2) is 5.35. The topological polar surface area (TPSA) is 55.8 Å². The maximum absolute atomic E-state index is 11.3. The van der Waals surface area contributed by atoms with Gasteiger partial charge in [-0.05, 0) is 24.3 Å². The summed E-state index contributed by atoms with van der Waals surface area (Å²) in [4.78, 5) is 23.7. The number of rotatable bonds is 5. The van der Waals surface area contributed by atoms with Gasteiger partial charge >= 0.3 is 0 Å². The molecule has 2 amide bonds. The van der Waals surface area contributed by atoms with Crippen LogP contribution in [-0.4, -0.2) is 37.0 Å². The second-order valence-electron chi connectivity index (χ2n) is 3.69. The Morgan fingerprint density at radius 2 is 1.56 bits per heavy atom. The number of hydrogen-bond acceptors (Lipinski definition) is 4. The Morgan fingerprint density at radius 3 is 2.11 bits per heavy atom. The number of methoxy groups -OCH3 is 1. The molecule has 0 fully saturated rings. The molecule has 1 aliphatic rings. The number of carbonyl (C=O) groups is 2. The van der Waals surface area contributed by atoms with Crippen molar-refractivity contribution in [3.05, 3.63) is 36.4 Å². The highest BCUT2D eigenvalue weighted by Crippen LogP contribution is 2.17. The van der Waals surface area contributed by atoms with Gasteiger partial charge in [-0.2, -0.15) is 0 Å². The van der Waals surface area contributed by atoms with E-state index in [1.54, 1.807) is 31.4 Å². The molecular formula is C13H13NO4. The lowest BCUT2D eigenvalue weighted by Gasteiger charge is -2.14. The van der Waals surface area contributed by atoms with E-state index in [2.05, 4.69) is 0 Å². The SMILES string of the molecule is COc1ccc(OCCN2C(=O)C=CC2=O)cc1. The summed E-state index contributed by atoms with van der Waals surface area (Å²) in [5.74, 6) is 0.830. The van der Waals surface area contributed by atoms with Crippen LogP contribution in [0.1, 0.15) is 0 Å². The monoisotopic (exact) mass is 247 g/mol. The summed E-state index contributed by atoms with van der Waals surface area (Å²) in [6, 6.07) is 7.10. The van der Waals surface area contributed by atoms with Gasteiger partial charge in [0.05, 0.1) is 13.7 Å². The van der Waals surface area contributed by atoms with Crippen molar-refractivity contribution in [3.8, 4) is 11.5 Å². The van der Waals surface area contributed by atoms with Crippen LogP contribution in [0.5, 0.6) is 11.5 Å². The van der Waals surface area contributed by atoms with Crippen molar-refractivity contribution in [2.75, 3.05) is 20.3 Å². The smallest absolute Gasteiger partial charge is 0.253 e. The molecule has 1 heterocycles. The summed E-state index contributed by atoms with van der Waals surface area (Å²) in [6.45, 7) is 0.516. The third-order valence-electron chi connectivity index (χ3n) is 2.54. The van der Waals surface area contributed by atoms with Gasteiger partial charge < -0.3 is 9.47 Å². The van der Waals surface area contributed by atoms with Crippen LogP contribution in [-0.2, 0) is 9.59 Å². The summed E-state index contributed by atoms with van der Waals surface area (Å²) in [5.41, 5.74) is 0. The molecule has 5 nitrogen and oxygen atoms in total. The molecular weight excluding hydrogens is 234 g/mol. The first-order chi connectivity index (χ1) is 8.70. The summed E-state index contributed by atoms with van der Waals surface area (Å²) in [5, 5.41) is 0. The summed E-state index contributed by atoms with van der Waals surface area (Å²) in [7, 11) is 1.59. The summed E-state index contributed by atoms with van der Waals surface area (Å²) >= 11 is 0. The number of ether oxygens (including phenoxy) is 2. The molecule has 0 aromatic heterocycles. The van der Waals surface area contributed by atoms with Crippen molar-refractivity contribution in [2.45, 2.75) is 0 Å². The van der Waals surface area contributed by atoms with Crippen molar-refractivity contribution < 1.29 is 19.1 Å². The molecule has 0 saturated carbocycles. The zero-order valence-corrected chi connectivity index (χ0v) is 9.96. The highest BCUT2D eigenvalue weighted by Gasteiger charge is 2.22. The Morgan fingerprint density at radius 1 is 1.00 bits per heavy atom. The van der Waals surface area contributed by atoms with E-state index in [1.807, 2.05) is 0 Å². The van der Waals surface area contributed by atoms with Crippen molar-refractivity contribution in [1.29, 1.82) is 0 Å². The Bertz CT molecular complexity index is 460. The van der Waals surface area contributed by atoms with Gasteiger partial charge in [0.2, 0.25) is 0 Å². The molecule has 0 spiro atoms. The third-order valence-corrected chi connectivity index (χ3v) is 2.54. The Kier molecular flexibility index (Phi) is 3.62. The lowest BCUT2D eigenvalue weighted by atomic mass is 10.3. The van der Waals surface area contributed by atoms with E-state index < -0.39 is 0 Å². The molecule has 0 aliphatic carbocycles. The minimum atomic E-state index is -0.293. The molecule has 2 rings (SSSR count). The lowest BCUT2D eigenvalue weighted by Crippen LogP contribution is -2.33. The first-order valence-electron chi connectivity index (χ1n) is 5.51. The van der Waals surface area contributed by atoms with Gasteiger partial charge in [-0.25, -0.2) is 0 Å². The van der Waals surface area contributed by atoms with Crippen LogP contribution in [0.15, 0.2) is 36.4 Å². The zero-order valence-electron chi connectivity index (χ0n) is 9.96. The van der Waals surface area contributed by atoms with Gasteiger partial charge in [0.25, 0.3) is 11.8 Å². The Hall–Kier alpha value is -2.30. The molecule has 0 bridgehead atoms. The summed E-state index contributed by atoms with van der Waals surface area (Å²) < 4.78 is 10.5. The van der Waals surface area contributed by atoms with Crippen LogP contribution in [0.2, 0.25) is 0 Å². The quantitative estimate of drug-likeness (QED) is 0.728. The molecule has 0 saturated heterocycles. The van der Waals surface area contributed by atoms with Gasteiger partial charge in [0.15, 0.2) is 0 Å². The second-order valence-corrected chi connectivity index (χ2v) is 3.69. The summed E-state index contributed by atoms with van der Waals surface area (Å²) in [6.07, 6.45) is 2.52. The van der Waals surface area contributed by atoms with Crippen molar-refractivity contribution in [3.63, 3.8) is 0 Å². The number of carbonyl (C=O) groups excluding carboxylic acids is 2. The first-order valence-corrected chi connectivity index (χ1v) is 5.51. The van der Waals surface area contributed by atoms with Crippen molar-refractivity contribution in [2.24, 2.45) is 0 Å². The van der Waals surface area contributed by atoms with E-state index in [0.29, 0.717) is 5.75 Å². The van der Waals surface area contributed by atoms with Crippen molar-refractivity contribution >= 4 is 11.8 Å². The van der Waals surface area contributed by atoms with E-state index >= 15 is 0 Å². The maximum Gasteiger partial charge on any atom is 0.253 e. The molecule has 1 aliphatic heterocycles. The molecule has 0 atom stereocenters. The minimum absolute atomic E-state index is 0.247. The van der Waals surface area contributed by atoms with Crippen LogP contribution in [0.4, 0.5) is 0 Å². The Labute approximate surface area is 105 Å². The average Bonchev–Trinajstić information content (AvgIpc) is 2.71. The maximum atomic E-state index is 11.3. The van der Waals surface area contributed by atoms with E-state index in [4.69, 9.17) is 9.47 Å². The normalized spacial score (nSPS) is 14.2. The molecule has 0 N–H and O–H groups in total. The highest BCUT2D eigenvalue weighted by molar-refractivity contribution is 6.12. The van der Waals surface area contributed by atoms with E-state index in [0.717, 1.165) is 10.6 Å². The third kappa shape index (κ3) is 2.68. The fraction of sp³-hybridized carbons (Fsp3) is 0.231. The molecule has 1 aromatic carbocycles.